The number of aromatic nitrogens is 2. The van der Waals surface area contributed by atoms with Gasteiger partial charge >= 0.3 is 6.18 Å². The van der Waals surface area contributed by atoms with Gasteiger partial charge in [0, 0.05) is 11.1 Å². The highest BCUT2D eigenvalue weighted by Crippen LogP contribution is 2.35. The molecule has 0 saturated carbocycles. The van der Waals surface area contributed by atoms with Gasteiger partial charge in [0.1, 0.15) is 10.8 Å². The molecule has 3 aromatic rings. The molecule has 0 atom stereocenters. The fourth-order valence-electron chi connectivity index (χ4n) is 2.56. The summed E-state index contributed by atoms with van der Waals surface area (Å²) in [6.45, 7) is 1.68. The van der Waals surface area contributed by atoms with Gasteiger partial charge < -0.3 is 0 Å². The lowest BCUT2D eigenvalue weighted by atomic mass is 10.1. The molecule has 0 amide bonds. The van der Waals surface area contributed by atoms with E-state index in [9.17, 15) is 23.3 Å². The number of hydrogen-bond donors (Lipinski definition) is 1. The number of nitrogens with zero attached hydrogens (tertiary/aromatic N) is 4. The molecule has 12 heteroatoms. The summed E-state index contributed by atoms with van der Waals surface area (Å²) in [5.41, 5.74) is 1.81. The standard InChI is InChI=1S/C18H12Cl2F3N5O2/c1-10-14(17(20)27(26-10)13-4-2-3-12(19)8-13)9-24-25-15-6-5-11(18(21,22)23)7-16(15)28(29)30/h2-9,25H,1H3. The lowest BCUT2D eigenvalue weighted by Crippen LogP contribution is -2.06. The third-order valence-corrected chi connectivity index (χ3v) is 4.60. The molecule has 0 radical (unpaired) electrons. The first kappa shape index (κ1) is 21.6. The van der Waals surface area contributed by atoms with Crippen molar-refractivity contribution in [3.63, 3.8) is 0 Å². The van der Waals surface area contributed by atoms with Gasteiger partial charge in [-0.25, -0.2) is 4.68 Å². The summed E-state index contributed by atoms with van der Waals surface area (Å²) in [5.74, 6) is 0. The Kier molecular flexibility index (Phi) is 5.99. The van der Waals surface area contributed by atoms with Crippen LogP contribution in [0.5, 0.6) is 0 Å². The van der Waals surface area contributed by atoms with Crippen molar-refractivity contribution in [1.29, 1.82) is 0 Å². The topological polar surface area (TPSA) is 85.3 Å². The summed E-state index contributed by atoms with van der Waals surface area (Å²) in [4.78, 5) is 10.2. The number of hydrogen-bond acceptors (Lipinski definition) is 5. The Morgan fingerprint density at radius 1 is 1.23 bits per heavy atom. The molecule has 3 rings (SSSR count). The highest BCUT2D eigenvalue weighted by Gasteiger charge is 2.33. The Balaban J connectivity index is 1.88. The molecule has 156 valence electrons. The Morgan fingerprint density at radius 3 is 2.60 bits per heavy atom. The van der Waals surface area contributed by atoms with E-state index in [0.29, 0.717) is 28.0 Å². The quantitative estimate of drug-likeness (QED) is 0.295. The molecule has 2 aromatic carbocycles. The first-order chi connectivity index (χ1) is 14.1. The van der Waals surface area contributed by atoms with Crippen molar-refractivity contribution in [1.82, 2.24) is 9.78 Å². The van der Waals surface area contributed by atoms with Crippen molar-refractivity contribution in [2.75, 3.05) is 5.43 Å². The van der Waals surface area contributed by atoms with Gasteiger partial charge in [0.05, 0.1) is 33.6 Å². The molecule has 0 unspecified atom stereocenters. The normalized spacial score (nSPS) is 11.8. The molecular weight excluding hydrogens is 446 g/mol. The molecule has 0 saturated heterocycles. The van der Waals surface area contributed by atoms with Gasteiger partial charge in [0.25, 0.3) is 5.69 Å². The van der Waals surface area contributed by atoms with Crippen molar-refractivity contribution in [3.05, 3.63) is 79.6 Å². The SMILES string of the molecule is Cc1nn(-c2cccc(Cl)c2)c(Cl)c1C=NNc1ccc(C(F)(F)F)cc1[N+](=O)[O-]. The number of nitrogens with one attached hydrogen (secondary N) is 1. The smallest absolute Gasteiger partial charge is 0.272 e. The maximum absolute atomic E-state index is 12.8. The molecule has 1 heterocycles. The summed E-state index contributed by atoms with van der Waals surface area (Å²) in [6.07, 6.45) is -3.43. The maximum atomic E-state index is 12.8. The zero-order valence-electron chi connectivity index (χ0n) is 15.1. The van der Waals surface area contributed by atoms with E-state index in [1.165, 1.54) is 10.9 Å². The summed E-state index contributed by atoms with van der Waals surface area (Å²) in [5, 5.41) is 20.0. The summed E-state index contributed by atoms with van der Waals surface area (Å²) in [7, 11) is 0. The highest BCUT2D eigenvalue weighted by atomic mass is 35.5. The Morgan fingerprint density at radius 2 is 1.97 bits per heavy atom. The van der Waals surface area contributed by atoms with Gasteiger partial charge in [-0.05, 0) is 37.3 Å². The number of alkyl halides is 3. The molecule has 1 N–H and O–H groups in total. The van der Waals surface area contributed by atoms with Crippen LogP contribution in [-0.4, -0.2) is 20.9 Å². The van der Waals surface area contributed by atoms with Gasteiger partial charge in [-0.1, -0.05) is 29.3 Å². The van der Waals surface area contributed by atoms with Crippen molar-refractivity contribution >= 4 is 40.8 Å². The zero-order valence-corrected chi connectivity index (χ0v) is 16.6. The van der Waals surface area contributed by atoms with E-state index in [0.717, 1.165) is 12.1 Å². The van der Waals surface area contributed by atoms with Crippen LogP contribution in [0.1, 0.15) is 16.8 Å². The van der Waals surface area contributed by atoms with Gasteiger partial charge in [-0.15, -0.1) is 0 Å². The van der Waals surface area contributed by atoms with Crippen molar-refractivity contribution in [2.45, 2.75) is 13.1 Å². The Labute approximate surface area is 177 Å². The number of nitro benzene ring substituents is 1. The second-order valence-electron chi connectivity index (χ2n) is 6.04. The Bertz CT molecular complexity index is 1150. The largest absolute Gasteiger partial charge is 0.416 e. The highest BCUT2D eigenvalue weighted by molar-refractivity contribution is 6.32. The van der Waals surface area contributed by atoms with E-state index in [-0.39, 0.29) is 10.8 Å². The van der Waals surface area contributed by atoms with Gasteiger partial charge in [0.2, 0.25) is 0 Å². The summed E-state index contributed by atoms with van der Waals surface area (Å²) in [6, 6.07) is 8.91. The van der Waals surface area contributed by atoms with Crippen LogP contribution in [-0.2, 0) is 6.18 Å². The molecule has 0 aliphatic heterocycles. The van der Waals surface area contributed by atoms with Crippen LogP contribution < -0.4 is 5.43 Å². The summed E-state index contributed by atoms with van der Waals surface area (Å²) < 4.78 is 39.8. The van der Waals surface area contributed by atoms with Crippen molar-refractivity contribution < 1.29 is 18.1 Å². The fourth-order valence-corrected chi connectivity index (χ4v) is 3.06. The predicted molar refractivity (Wildman–Crippen MR) is 108 cm³/mol. The summed E-state index contributed by atoms with van der Waals surface area (Å²) >= 11 is 12.3. The average Bonchev–Trinajstić information content (AvgIpc) is 2.95. The van der Waals surface area contributed by atoms with E-state index in [4.69, 9.17) is 23.2 Å². The number of nitro groups is 1. The average molecular weight is 458 g/mol. The maximum Gasteiger partial charge on any atom is 0.416 e. The van der Waals surface area contributed by atoms with Gasteiger partial charge in [-0.3, -0.25) is 15.5 Å². The first-order valence-corrected chi connectivity index (χ1v) is 8.99. The second-order valence-corrected chi connectivity index (χ2v) is 6.83. The number of aryl methyl sites for hydroxylation is 1. The van der Waals surface area contributed by atoms with Crippen LogP contribution in [0.3, 0.4) is 0 Å². The minimum absolute atomic E-state index is 0.208. The number of hydrazone groups is 1. The van der Waals surface area contributed by atoms with Crippen molar-refractivity contribution in [2.24, 2.45) is 5.10 Å². The van der Waals surface area contributed by atoms with E-state index < -0.39 is 22.4 Å². The third-order valence-electron chi connectivity index (χ3n) is 4.00. The molecular formula is C18H12Cl2F3N5O2. The zero-order chi connectivity index (χ0) is 22.1. The van der Waals surface area contributed by atoms with Crippen LogP contribution >= 0.6 is 23.2 Å². The van der Waals surface area contributed by atoms with Gasteiger partial charge in [0.15, 0.2) is 0 Å². The fraction of sp³-hybridized carbons (Fsp3) is 0.111. The van der Waals surface area contributed by atoms with Crippen LogP contribution in [0.15, 0.2) is 47.6 Å². The molecule has 0 aliphatic carbocycles. The molecule has 0 fully saturated rings. The minimum Gasteiger partial charge on any atom is -0.272 e. The number of rotatable bonds is 5. The van der Waals surface area contributed by atoms with Crippen LogP contribution in [0.2, 0.25) is 10.2 Å². The van der Waals surface area contributed by atoms with E-state index in [2.05, 4.69) is 15.6 Å². The number of anilines is 1. The molecule has 1 aromatic heterocycles. The van der Waals surface area contributed by atoms with Crippen molar-refractivity contribution in [3.8, 4) is 5.69 Å². The van der Waals surface area contributed by atoms with Gasteiger partial charge in [-0.2, -0.15) is 23.4 Å². The van der Waals surface area contributed by atoms with Crippen LogP contribution in [0.4, 0.5) is 24.5 Å². The lowest BCUT2D eigenvalue weighted by Gasteiger charge is -2.08. The predicted octanol–water partition coefficient (Wildman–Crippen LogP) is 5.86. The van der Waals surface area contributed by atoms with E-state index in [1.54, 1.807) is 31.2 Å². The van der Waals surface area contributed by atoms with E-state index in [1.807, 2.05) is 0 Å². The lowest BCUT2D eigenvalue weighted by molar-refractivity contribution is -0.384. The van der Waals surface area contributed by atoms with E-state index >= 15 is 0 Å². The number of halogens is 5. The van der Waals surface area contributed by atoms with Crippen LogP contribution in [0.25, 0.3) is 5.69 Å². The molecule has 0 aliphatic rings. The minimum atomic E-state index is -4.70. The second kappa shape index (κ2) is 8.33. The first-order valence-electron chi connectivity index (χ1n) is 8.23. The molecule has 0 bridgehead atoms. The molecule has 30 heavy (non-hydrogen) atoms. The monoisotopic (exact) mass is 457 g/mol. The third kappa shape index (κ3) is 4.55. The Hall–Kier alpha value is -3.11. The van der Waals surface area contributed by atoms with Crippen LogP contribution in [0, 0.1) is 17.0 Å². The number of benzene rings is 2. The molecule has 7 nitrogen and oxygen atoms in total. The molecule has 0 spiro atoms.